The van der Waals surface area contributed by atoms with Gasteiger partial charge in [0.1, 0.15) is 11.5 Å². The highest BCUT2D eigenvalue weighted by atomic mass is 19.1. The Morgan fingerprint density at radius 2 is 1.92 bits per heavy atom. The first-order valence-corrected chi connectivity index (χ1v) is 7.82. The number of hydrogen-bond acceptors (Lipinski definition) is 6. The molecule has 3 rings (SSSR count). The van der Waals surface area contributed by atoms with Crippen molar-refractivity contribution in [2.75, 3.05) is 0 Å². The largest absolute Gasteiger partial charge is 0.451 e. The number of rotatable bonds is 5. The van der Waals surface area contributed by atoms with E-state index in [-0.39, 0.29) is 35.6 Å². The van der Waals surface area contributed by atoms with E-state index in [0.29, 0.717) is 22.4 Å². The summed E-state index contributed by atoms with van der Waals surface area (Å²) in [6.45, 7) is 4.61. The van der Waals surface area contributed by atoms with Crippen LogP contribution in [0.1, 0.15) is 44.9 Å². The summed E-state index contributed by atoms with van der Waals surface area (Å²) >= 11 is 0. The van der Waals surface area contributed by atoms with Gasteiger partial charge in [-0.2, -0.15) is 4.98 Å². The average molecular weight is 357 g/mol. The number of nitrogens with one attached hydrogen (secondary N) is 1. The quantitative estimate of drug-likeness (QED) is 0.555. The fourth-order valence-corrected chi connectivity index (χ4v) is 2.71. The highest BCUT2D eigenvalue weighted by molar-refractivity contribution is 6.01. The molecule has 26 heavy (non-hydrogen) atoms. The third-order valence-corrected chi connectivity index (χ3v) is 3.89. The average Bonchev–Trinajstić information content (AvgIpc) is 3.18. The standard InChI is InChI=1S/C18H16FN3O4/c1-9-15(11(3)23)10(2)20-16(9)18(24)25-8-14-21-17(22-26-14)12-4-6-13(19)7-5-12/h4-7,20H,8H2,1-3H3. The molecule has 0 spiro atoms. The smallest absolute Gasteiger partial charge is 0.355 e. The molecule has 1 aromatic carbocycles. The Labute approximate surface area is 148 Å². The summed E-state index contributed by atoms with van der Waals surface area (Å²) in [5.41, 5.74) is 2.42. The van der Waals surface area contributed by atoms with Gasteiger partial charge in [-0.3, -0.25) is 4.79 Å². The molecule has 1 N–H and O–H groups in total. The summed E-state index contributed by atoms with van der Waals surface area (Å²) in [6.07, 6.45) is 0. The number of ketones is 1. The number of ether oxygens (including phenoxy) is 1. The molecule has 3 aromatic rings. The lowest BCUT2D eigenvalue weighted by Crippen LogP contribution is -2.08. The van der Waals surface area contributed by atoms with Crippen LogP contribution in [0.3, 0.4) is 0 Å². The molecule has 0 aliphatic rings. The van der Waals surface area contributed by atoms with E-state index in [2.05, 4.69) is 15.1 Å². The Morgan fingerprint density at radius 1 is 1.23 bits per heavy atom. The number of esters is 1. The minimum Gasteiger partial charge on any atom is -0.451 e. The molecule has 7 nitrogen and oxygen atoms in total. The predicted octanol–water partition coefficient (Wildman–Crippen LogP) is 3.38. The van der Waals surface area contributed by atoms with E-state index in [9.17, 15) is 14.0 Å². The highest BCUT2D eigenvalue weighted by Crippen LogP contribution is 2.20. The van der Waals surface area contributed by atoms with Crippen molar-refractivity contribution < 1.29 is 23.2 Å². The maximum Gasteiger partial charge on any atom is 0.355 e. The van der Waals surface area contributed by atoms with Gasteiger partial charge in [-0.25, -0.2) is 9.18 Å². The fourth-order valence-electron chi connectivity index (χ4n) is 2.71. The molecule has 134 valence electrons. The van der Waals surface area contributed by atoms with Crippen molar-refractivity contribution in [3.8, 4) is 11.4 Å². The molecule has 0 aliphatic heterocycles. The lowest BCUT2D eigenvalue weighted by Gasteiger charge is -2.01. The van der Waals surface area contributed by atoms with Crippen molar-refractivity contribution in [1.82, 2.24) is 15.1 Å². The summed E-state index contributed by atoms with van der Waals surface area (Å²) in [6, 6.07) is 5.61. The number of carbonyl (C=O) groups is 2. The Hall–Kier alpha value is -3.29. The molecule has 0 atom stereocenters. The van der Waals surface area contributed by atoms with Gasteiger partial charge in [0.05, 0.1) is 0 Å². The zero-order valence-electron chi connectivity index (χ0n) is 14.4. The second-order valence-electron chi connectivity index (χ2n) is 5.78. The van der Waals surface area contributed by atoms with Crippen LogP contribution in [0.4, 0.5) is 4.39 Å². The van der Waals surface area contributed by atoms with Crippen LogP contribution in [-0.4, -0.2) is 26.9 Å². The minimum absolute atomic E-state index is 0.102. The SMILES string of the molecule is CC(=O)c1c(C)[nH]c(C(=O)OCc2nc(-c3ccc(F)cc3)no2)c1C. The first-order valence-electron chi connectivity index (χ1n) is 7.82. The molecule has 0 bridgehead atoms. The summed E-state index contributed by atoms with van der Waals surface area (Å²) < 4.78 is 23.2. The lowest BCUT2D eigenvalue weighted by atomic mass is 10.1. The Bertz CT molecular complexity index is 973. The number of hydrogen-bond donors (Lipinski definition) is 1. The van der Waals surface area contributed by atoms with Crippen LogP contribution < -0.4 is 0 Å². The molecular weight excluding hydrogens is 341 g/mol. The van der Waals surface area contributed by atoms with E-state index in [1.54, 1.807) is 13.8 Å². The molecule has 0 saturated heterocycles. The number of aromatic amines is 1. The molecule has 0 radical (unpaired) electrons. The van der Waals surface area contributed by atoms with Crippen LogP contribution in [0.15, 0.2) is 28.8 Å². The molecule has 0 aliphatic carbocycles. The van der Waals surface area contributed by atoms with Crippen LogP contribution in [0.5, 0.6) is 0 Å². The molecule has 2 heterocycles. The molecule has 0 fully saturated rings. The van der Waals surface area contributed by atoms with Crippen molar-refractivity contribution in [2.24, 2.45) is 0 Å². The van der Waals surface area contributed by atoms with Gasteiger partial charge in [-0.1, -0.05) is 5.16 Å². The summed E-state index contributed by atoms with van der Waals surface area (Å²) in [7, 11) is 0. The van der Waals surface area contributed by atoms with Gasteiger partial charge in [0, 0.05) is 16.8 Å². The van der Waals surface area contributed by atoms with Gasteiger partial charge in [0.2, 0.25) is 5.82 Å². The summed E-state index contributed by atoms with van der Waals surface area (Å²) in [4.78, 5) is 30.9. The second kappa shape index (κ2) is 6.91. The zero-order valence-corrected chi connectivity index (χ0v) is 14.4. The number of H-pyrrole nitrogens is 1. The van der Waals surface area contributed by atoms with Gasteiger partial charge in [-0.15, -0.1) is 0 Å². The molecule has 0 saturated carbocycles. The van der Waals surface area contributed by atoms with Crippen LogP contribution in [0, 0.1) is 19.7 Å². The van der Waals surface area contributed by atoms with Crippen LogP contribution in [-0.2, 0) is 11.3 Å². The van der Waals surface area contributed by atoms with Crippen LogP contribution in [0.25, 0.3) is 11.4 Å². The van der Waals surface area contributed by atoms with Gasteiger partial charge >= 0.3 is 5.97 Å². The van der Waals surface area contributed by atoms with Crippen LogP contribution in [0.2, 0.25) is 0 Å². The monoisotopic (exact) mass is 357 g/mol. The first-order chi connectivity index (χ1) is 12.4. The first kappa shape index (κ1) is 17.5. The third kappa shape index (κ3) is 3.39. The van der Waals surface area contributed by atoms with E-state index in [1.165, 1.54) is 31.2 Å². The van der Waals surface area contributed by atoms with Crippen molar-refractivity contribution in [2.45, 2.75) is 27.4 Å². The van der Waals surface area contributed by atoms with E-state index in [4.69, 9.17) is 9.26 Å². The maximum atomic E-state index is 12.9. The number of carbonyl (C=O) groups excluding carboxylic acids is 2. The maximum absolute atomic E-state index is 12.9. The van der Waals surface area contributed by atoms with Gasteiger partial charge in [0.25, 0.3) is 5.89 Å². The number of benzene rings is 1. The second-order valence-corrected chi connectivity index (χ2v) is 5.78. The molecule has 0 amide bonds. The van der Waals surface area contributed by atoms with Crippen molar-refractivity contribution in [3.05, 3.63) is 58.5 Å². The number of nitrogens with zero attached hydrogens (tertiary/aromatic N) is 2. The van der Waals surface area contributed by atoms with E-state index < -0.39 is 5.97 Å². The third-order valence-electron chi connectivity index (χ3n) is 3.89. The highest BCUT2D eigenvalue weighted by Gasteiger charge is 2.21. The topological polar surface area (TPSA) is 98.1 Å². The Balaban J connectivity index is 1.70. The van der Waals surface area contributed by atoms with Gasteiger partial charge in [-0.05, 0) is 50.6 Å². The number of Topliss-reactive ketones (excluding diaryl/α,β-unsaturated/α-hetero) is 1. The lowest BCUT2D eigenvalue weighted by molar-refractivity contribution is 0.0422. The Kier molecular flexibility index (Phi) is 4.66. The van der Waals surface area contributed by atoms with Crippen molar-refractivity contribution in [1.29, 1.82) is 0 Å². The summed E-state index contributed by atoms with van der Waals surface area (Å²) in [5, 5.41) is 3.77. The van der Waals surface area contributed by atoms with Gasteiger partial charge < -0.3 is 14.2 Å². The molecular formula is C18H16FN3O4. The van der Waals surface area contributed by atoms with E-state index >= 15 is 0 Å². The minimum atomic E-state index is -0.625. The Morgan fingerprint density at radius 3 is 2.54 bits per heavy atom. The van der Waals surface area contributed by atoms with E-state index in [1.807, 2.05) is 0 Å². The summed E-state index contributed by atoms with van der Waals surface area (Å²) in [5.74, 6) is -0.754. The number of aromatic nitrogens is 3. The normalized spacial score (nSPS) is 10.8. The van der Waals surface area contributed by atoms with E-state index in [0.717, 1.165) is 0 Å². The zero-order chi connectivity index (χ0) is 18.8. The number of halogens is 1. The molecule has 2 aromatic heterocycles. The number of aryl methyl sites for hydroxylation is 1. The molecule has 8 heteroatoms. The fraction of sp³-hybridized carbons (Fsp3) is 0.222. The van der Waals surface area contributed by atoms with Crippen molar-refractivity contribution in [3.63, 3.8) is 0 Å². The van der Waals surface area contributed by atoms with Crippen LogP contribution >= 0.6 is 0 Å². The predicted molar refractivity (Wildman–Crippen MR) is 89.1 cm³/mol. The molecule has 0 unspecified atom stereocenters. The van der Waals surface area contributed by atoms with Crippen molar-refractivity contribution >= 4 is 11.8 Å². The van der Waals surface area contributed by atoms with Gasteiger partial charge in [0.15, 0.2) is 12.4 Å².